The number of aromatic nitrogens is 6. The van der Waals surface area contributed by atoms with Crippen LogP contribution < -0.4 is 10.1 Å². The quantitative estimate of drug-likeness (QED) is 0.409. The summed E-state index contributed by atoms with van der Waals surface area (Å²) in [7, 11) is 1.63. The summed E-state index contributed by atoms with van der Waals surface area (Å²) in [6, 6.07) is 3.95. The molecular weight excluding hydrogens is 434 g/mol. The van der Waals surface area contributed by atoms with Gasteiger partial charge in [-0.05, 0) is 38.3 Å². The maximum atomic E-state index is 5.56. The third-order valence-corrected chi connectivity index (χ3v) is 7.01. The van der Waals surface area contributed by atoms with Crippen LogP contribution in [-0.2, 0) is 12.0 Å². The first-order valence-electron chi connectivity index (χ1n) is 11.2. The van der Waals surface area contributed by atoms with Gasteiger partial charge in [0.25, 0.3) is 0 Å². The van der Waals surface area contributed by atoms with Gasteiger partial charge in [0.1, 0.15) is 17.2 Å². The number of anilines is 2. The van der Waals surface area contributed by atoms with Crippen LogP contribution in [-0.4, -0.2) is 36.4 Å². The third-order valence-electron chi connectivity index (χ3n) is 6.25. The first kappa shape index (κ1) is 21.6. The highest BCUT2D eigenvalue weighted by Crippen LogP contribution is 2.48. The Balaban J connectivity index is 1.45. The summed E-state index contributed by atoms with van der Waals surface area (Å²) in [6.45, 7) is 11.7. The Morgan fingerprint density at radius 2 is 2.06 bits per heavy atom. The van der Waals surface area contributed by atoms with E-state index in [0.717, 1.165) is 46.7 Å². The molecule has 1 unspecified atom stereocenters. The number of ether oxygens (including phenoxy) is 1. The summed E-state index contributed by atoms with van der Waals surface area (Å²) < 4.78 is 9.54. The number of imidazole rings is 1. The Bertz CT molecular complexity index is 1320. The highest BCUT2D eigenvalue weighted by molar-refractivity contribution is 7.14. The largest absolute Gasteiger partial charge is 0.479 e. The minimum absolute atomic E-state index is 0.0929. The van der Waals surface area contributed by atoms with Crippen molar-refractivity contribution in [2.24, 2.45) is 0 Å². The molecule has 172 valence electrons. The number of hydrogen-bond donors (Lipinski definition) is 1. The van der Waals surface area contributed by atoms with Crippen LogP contribution in [0.25, 0.3) is 17.1 Å². The summed E-state index contributed by atoms with van der Waals surface area (Å²) in [4.78, 5) is 13.8. The molecule has 0 bridgehead atoms. The van der Waals surface area contributed by atoms with E-state index >= 15 is 0 Å². The Morgan fingerprint density at radius 1 is 1.24 bits per heavy atom. The molecule has 0 spiro atoms. The summed E-state index contributed by atoms with van der Waals surface area (Å²) >= 11 is 1.57. The monoisotopic (exact) mass is 463 g/mol. The lowest BCUT2D eigenvalue weighted by Gasteiger charge is -2.17. The van der Waals surface area contributed by atoms with E-state index in [9.17, 15) is 0 Å². The molecule has 5 rings (SSSR count). The van der Waals surface area contributed by atoms with Crippen LogP contribution in [0, 0.1) is 6.92 Å². The average molecular weight is 464 g/mol. The molecule has 33 heavy (non-hydrogen) atoms. The molecule has 0 saturated carbocycles. The minimum atomic E-state index is 0.0929. The zero-order valence-electron chi connectivity index (χ0n) is 19.9. The molecule has 1 atom stereocenters. The van der Waals surface area contributed by atoms with Crippen molar-refractivity contribution in [2.45, 2.75) is 58.9 Å². The van der Waals surface area contributed by atoms with Crippen LogP contribution in [0.3, 0.4) is 0 Å². The molecule has 0 fully saturated rings. The predicted molar refractivity (Wildman–Crippen MR) is 131 cm³/mol. The summed E-state index contributed by atoms with van der Waals surface area (Å²) in [5.74, 6) is 2.05. The molecule has 4 heterocycles. The van der Waals surface area contributed by atoms with Crippen molar-refractivity contribution in [1.82, 2.24) is 29.3 Å². The van der Waals surface area contributed by atoms with E-state index in [1.165, 1.54) is 11.3 Å². The van der Waals surface area contributed by atoms with Crippen LogP contribution in [0.1, 0.15) is 57.0 Å². The predicted octanol–water partition coefficient (Wildman–Crippen LogP) is 5.45. The van der Waals surface area contributed by atoms with Gasteiger partial charge in [-0.2, -0.15) is 5.10 Å². The number of thiazole rings is 1. The first-order valence-corrected chi connectivity index (χ1v) is 12.1. The molecule has 1 N–H and O–H groups in total. The molecule has 4 aromatic heterocycles. The molecular formula is C24H29N7OS. The summed E-state index contributed by atoms with van der Waals surface area (Å²) in [5, 5.41) is 11.3. The SMILES string of the molecule is CCn1nc2c(c1Nc1nc(-c3ccc(-n4cnc(C)c4)c(OC)n3)cs1)C(C)CC2(C)C. The number of rotatable bonds is 6. The fourth-order valence-corrected chi connectivity index (χ4v) is 5.50. The average Bonchev–Trinajstić information content (AvgIpc) is 3.54. The molecule has 4 aromatic rings. The van der Waals surface area contributed by atoms with Crippen molar-refractivity contribution in [3.8, 4) is 23.0 Å². The van der Waals surface area contributed by atoms with E-state index in [-0.39, 0.29) is 5.41 Å². The van der Waals surface area contributed by atoms with Crippen LogP contribution in [0.4, 0.5) is 10.9 Å². The number of methoxy groups -OCH3 is 1. The molecule has 0 saturated heterocycles. The van der Waals surface area contributed by atoms with E-state index < -0.39 is 0 Å². The number of pyridine rings is 1. The zero-order chi connectivity index (χ0) is 23.3. The summed E-state index contributed by atoms with van der Waals surface area (Å²) in [6.07, 6.45) is 4.82. The minimum Gasteiger partial charge on any atom is -0.479 e. The molecule has 1 aliphatic rings. The Hall–Kier alpha value is -3.20. The van der Waals surface area contributed by atoms with Gasteiger partial charge in [0.2, 0.25) is 5.88 Å². The number of fused-ring (bicyclic) bond motifs is 1. The fourth-order valence-electron chi connectivity index (χ4n) is 4.79. The van der Waals surface area contributed by atoms with Crippen LogP contribution in [0.5, 0.6) is 5.88 Å². The van der Waals surface area contributed by atoms with Gasteiger partial charge in [-0.25, -0.2) is 19.6 Å². The van der Waals surface area contributed by atoms with Gasteiger partial charge < -0.3 is 14.6 Å². The van der Waals surface area contributed by atoms with Gasteiger partial charge in [0.15, 0.2) is 5.13 Å². The van der Waals surface area contributed by atoms with E-state index in [1.54, 1.807) is 24.8 Å². The second-order valence-electron chi connectivity index (χ2n) is 9.23. The normalized spacial score (nSPS) is 16.7. The molecule has 0 aromatic carbocycles. The van der Waals surface area contributed by atoms with Gasteiger partial charge in [-0.1, -0.05) is 20.8 Å². The highest BCUT2D eigenvalue weighted by atomic mass is 32.1. The maximum Gasteiger partial charge on any atom is 0.238 e. The van der Waals surface area contributed by atoms with Crippen LogP contribution in [0.2, 0.25) is 0 Å². The van der Waals surface area contributed by atoms with E-state index in [0.29, 0.717) is 11.8 Å². The Morgan fingerprint density at radius 3 is 2.76 bits per heavy atom. The van der Waals surface area contributed by atoms with Gasteiger partial charge in [-0.3, -0.25) is 0 Å². The molecule has 8 nitrogen and oxygen atoms in total. The van der Waals surface area contributed by atoms with Crippen molar-refractivity contribution in [3.05, 3.63) is 47.0 Å². The van der Waals surface area contributed by atoms with Gasteiger partial charge in [0, 0.05) is 29.1 Å². The number of hydrogen-bond acceptors (Lipinski definition) is 7. The first-order chi connectivity index (χ1) is 15.8. The van der Waals surface area contributed by atoms with Crippen molar-refractivity contribution in [1.29, 1.82) is 0 Å². The topological polar surface area (TPSA) is 82.7 Å². The molecule has 1 aliphatic carbocycles. The third kappa shape index (κ3) is 3.70. The van der Waals surface area contributed by atoms with Crippen molar-refractivity contribution in [3.63, 3.8) is 0 Å². The molecule has 0 aliphatic heterocycles. The van der Waals surface area contributed by atoms with Crippen molar-refractivity contribution >= 4 is 22.3 Å². The van der Waals surface area contributed by atoms with Gasteiger partial charge in [-0.15, -0.1) is 11.3 Å². The maximum absolute atomic E-state index is 5.56. The van der Waals surface area contributed by atoms with E-state index in [1.807, 2.05) is 35.2 Å². The Kier molecular flexibility index (Phi) is 5.23. The van der Waals surface area contributed by atoms with Crippen molar-refractivity contribution < 1.29 is 4.74 Å². The zero-order valence-corrected chi connectivity index (χ0v) is 20.7. The fraction of sp³-hybridized carbons (Fsp3) is 0.417. The standard InChI is InChI=1S/C24H29N7OS/c1-7-31-21(19-14(2)10-24(4,5)20(19)29-31)28-23-27-17(12-33-23)16-8-9-18(22(26-16)32-6)30-11-15(3)25-13-30/h8-9,11-14H,7,10H2,1-6H3,(H,27,28). The smallest absolute Gasteiger partial charge is 0.238 e. The van der Waals surface area contributed by atoms with Crippen LogP contribution >= 0.6 is 11.3 Å². The highest BCUT2D eigenvalue weighted by Gasteiger charge is 2.40. The summed E-state index contributed by atoms with van der Waals surface area (Å²) in [5.41, 5.74) is 5.96. The molecule has 0 amide bonds. The Labute approximate surface area is 197 Å². The number of nitrogens with zero attached hydrogens (tertiary/aromatic N) is 6. The number of nitrogens with one attached hydrogen (secondary N) is 1. The van der Waals surface area contributed by atoms with Crippen molar-refractivity contribution in [2.75, 3.05) is 12.4 Å². The van der Waals surface area contributed by atoms with Gasteiger partial charge >= 0.3 is 0 Å². The molecule has 9 heteroatoms. The second-order valence-corrected chi connectivity index (χ2v) is 10.1. The van der Waals surface area contributed by atoms with Crippen LogP contribution in [0.15, 0.2) is 30.0 Å². The second kappa shape index (κ2) is 7.98. The lowest BCUT2D eigenvalue weighted by Crippen LogP contribution is -2.15. The van der Waals surface area contributed by atoms with E-state index in [4.69, 9.17) is 19.8 Å². The lowest BCUT2D eigenvalue weighted by atomic mass is 9.89. The lowest BCUT2D eigenvalue weighted by molar-refractivity contribution is 0.396. The number of aryl methyl sites for hydroxylation is 2. The van der Waals surface area contributed by atoms with Gasteiger partial charge in [0.05, 0.1) is 30.5 Å². The molecule has 0 radical (unpaired) electrons. The van der Waals surface area contributed by atoms with E-state index in [2.05, 4.69) is 42.7 Å².